The second-order valence-electron chi connectivity index (χ2n) is 6.54. The van der Waals surface area contributed by atoms with Crippen LogP contribution < -0.4 is 16.6 Å². The quantitative estimate of drug-likeness (QED) is 0.889. The van der Waals surface area contributed by atoms with E-state index in [0.717, 1.165) is 19.3 Å². The predicted molar refractivity (Wildman–Crippen MR) is 91.2 cm³/mol. The Kier molecular flexibility index (Phi) is 4.51. The Morgan fingerprint density at radius 1 is 1.42 bits per heavy atom. The first-order valence-electron chi connectivity index (χ1n) is 8.43. The second-order valence-corrected chi connectivity index (χ2v) is 6.54. The lowest BCUT2D eigenvalue weighted by molar-refractivity contribution is 0.0921. The van der Waals surface area contributed by atoms with Crippen LogP contribution in [0.15, 0.2) is 21.9 Å². The van der Waals surface area contributed by atoms with Gasteiger partial charge in [-0.25, -0.2) is 9.78 Å². The molecule has 24 heavy (non-hydrogen) atoms. The summed E-state index contributed by atoms with van der Waals surface area (Å²) in [5.74, 6) is 0.387. The Bertz CT molecular complexity index is 884. The smallest absolute Gasteiger partial charge is 0.329 e. The van der Waals surface area contributed by atoms with Crippen molar-refractivity contribution in [3.63, 3.8) is 0 Å². The van der Waals surface area contributed by atoms with E-state index in [0.29, 0.717) is 23.7 Å². The number of carbonyl (C=O) groups is 1. The molecule has 2 atom stereocenters. The highest BCUT2D eigenvalue weighted by Crippen LogP contribution is 2.23. The van der Waals surface area contributed by atoms with Gasteiger partial charge in [-0.1, -0.05) is 19.8 Å². The van der Waals surface area contributed by atoms with Gasteiger partial charge < -0.3 is 5.32 Å². The molecule has 2 aromatic rings. The summed E-state index contributed by atoms with van der Waals surface area (Å²) in [6.07, 6.45) is 5.70. The minimum absolute atomic E-state index is 0.167. The van der Waals surface area contributed by atoms with Gasteiger partial charge in [-0.05, 0) is 31.7 Å². The summed E-state index contributed by atoms with van der Waals surface area (Å²) in [6.45, 7) is 4.38. The summed E-state index contributed by atoms with van der Waals surface area (Å²) in [4.78, 5) is 42.7. The van der Waals surface area contributed by atoms with Crippen LogP contribution in [0.1, 0.15) is 49.9 Å². The normalized spacial score (nSPS) is 20.9. The van der Waals surface area contributed by atoms with Gasteiger partial charge in [0.25, 0.3) is 11.5 Å². The first-order chi connectivity index (χ1) is 11.5. The summed E-state index contributed by atoms with van der Waals surface area (Å²) in [5, 5.41) is 3.28. The molecule has 3 rings (SSSR count). The van der Waals surface area contributed by atoms with Crippen molar-refractivity contribution in [3.05, 3.63) is 38.7 Å². The van der Waals surface area contributed by atoms with Crippen LogP contribution in [-0.2, 0) is 6.54 Å². The minimum atomic E-state index is -0.520. The third kappa shape index (κ3) is 3.11. The van der Waals surface area contributed by atoms with E-state index in [4.69, 9.17) is 0 Å². The molecular weight excluding hydrogens is 308 g/mol. The SMILES string of the molecule is CCn1c(=O)[nH]c(=O)c2cc(C(=O)N[C@@H]3CCC[C@H](C)C3)cnc21. The zero-order chi connectivity index (χ0) is 17.3. The van der Waals surface area contributed by atoms with Crippen LogP contribution in [0, 0.1) is 5.92 Å². The van der Waals surface area contributed by atoms with Crippen molar-refractivity contribution in [2.75, 3.05) is 0 Å². The molecule has 2 aromatic heterocycles. The van der Waals surface area contributed by atoms with Crippen molar-refractivity contribution >= 4 is 16.9 Å². The zero-order valence-electron chi connectivity index (χ0n) is 14.0. The molecule has 0 unspecified atom stereocenters. The van der Waals surface area contributed by atoms with Crippen molar-refractivity contribution in [1.29, 1.82) is 0 Å². The maximum Gasteiger partial charge on any atom is 0.329 e. The van der Waals surface area contributed by atoms with E-state index in [1.54, 1.807) is 6.92 Å². The van der Waals surface area contributed by atoms with Crippen molar-refractivity contribution in [2.24, 2.45) is 5.92 Å². The highest BCUT2D eigenvalue weighted by atomic mass is 16.2. The maximum absolute atomic E-state index is 12.5. The van der Waals surface area contributed by atoms with Gasteiger partial charge in [0.05, 0.1) is 10.9 Å². The van der Waals surface area contributed by atoms with Crippen LogP contribution in [-0.4, -0.2) is 26.5 Å². The highest BCUT2D eigenvalue weighted by Gasteiger charge is 2.21. The number of aromatic nitrogens is 3. The third-order valence-corrected chi connectivity index (χ3v) is 4.68. The fourth-order valence-electron chi connectivity index (χ4n) is 3.42. The Morgan fingerprint density at radius 2 is 2.21 bits per heavy atom. The summed E-state index contributed by atoms with van der Waals surface area (Å²) in [6, 6.07) is 1.67. The monoisotopic (exact) mass is 330 g/mol. The molecule has 0 aliphatic heterocycles. The minimum Gasteiger partial charge on any atom is -0.349 e. The van der Waals surface area contributed by atoms with Crippen molar-refractivity contribution < 1.29 is 4.79 Å². The molecule has 1 aliphatic carbocycles. The van der Waals surface area contributed by atoms with E-state index >= 15 is 0 Å². The molecule has 1 fully saturated rings. The molecule has 1 aliphatic rings. The molecule has 7 heteroatoms. The standard InChI is InChI=1S/C17H22N4O3/c1-3-21-14-13(16(23)20-17(21)24)8-11(9-18-14)15(22)19-12-6-4-5-10(2)7-12/h8-10,12H,3-7H2,1-2H3,(H,19,22)(H,20,23,24)/t10-,12+/m0/s1. The molecule has 2 heterocycles. The molecule has 7 nitrogen and oxygen atoms in total. The average Bonchev–Trinajstić information content (AvgIpc) is 2.55. The predicted octanol–water partition coefficient (Wildman–Crippen LogP) is 1.41. The fraction of sp³-hybridized carbons (Fsp3) is 0.529. The van der Waals surface area contributed by atoms with E-state index in [-0.39, 0.29) is 17.3 Å². The number of aromatic amines is 1. The molecule has 128 valence electrons. The van der Waals surface area contributed by atoms with Crippen LogP contribution in [0.25, 0.3) is 11.0 Å². The van der Waals surface area contributed by atoms with Gasteiger partial charge in [0.15, 0.2) is 0 Å². The van der Waals surface area contributed by atoms with Crippen LogP contribution >= 0.6 is 0 Å². The lowest BCUT2D eigenvalue weighted by Gasteiger charge is -2.27. The van der Waals surface area contributed by atoms with Gasteiger partial charge in [0.2, 0.25) is 0 Å². The summed E-state index contributed by atoms with van der Waals surface area (Å²) in [7, 11) is 0. The van der Waals surface area contributed by atoms with E-state index in [9.17, 15) is 14.4 Å². The maximum atomic E-state index is 12.5. The Balaban J connectivity index is 1.92. The number of pyridine rings is 1. The van der Waals surface area contributed by atoms with Gasteiger partial charge in [0.1, 0.15) is 5.65 Å². The zero-order valence-corrected chi connectivity index (χ0v) is 14.0. The number of amides is 1. The van der Waals surface area contributed by atoms with Gasteiger partial charge in [0, 0.05) is 18.8 Å². The van der Waals surface area contributed by atoms with Crippen LogP contribution in [0.3, 0.4) is 0 Å². The number of carbonyl (C=O) groups excluding carboxylic acids is 1. The summed E-state index contributed by atoms with van der Waals surface area (Å²) >= 11 is 0. The summed E-state index contributed by atoms with van der Waals surface area (Å²) in [5.41, 5.74) is -0.370. The third-order valence-electron chi connectivity index (χ3n) is 4.68. The Labute approximate surface area is 139 Å². The molecule has 1 amide bonds. The molecule has 0 radical (unpaired) electrons. The van der Waals surface area contributed by atoms with E-state index in [1.807, 2.05) is 0 Å². The average molecular weight is 330 g/mol. The highest BCUT2D eigenvalue weighted by molar-refractivity contribution is 5.96. The molecule has 0 spiro atoms. The lowest BCUT2D eigenvalue weighted by atomic mass is 9.87. The van der Waals surface area contributed by atoms with Crippen molar-refractivity contribution in [1.82, 2.24) is 19.9 Å². The molecule has 1 saturated carbocycles. The van der Waals surface area contributed by atoms with Crippen molar-refractivity contribution in [3.8, 4) is 0 Å². The van der Waals surface area contributed by atoms with E-state index in [2.05, 4.69) is 22.2 Å². The number of H-pyrrole nitrogens is 1. The van der Waals surface area contributed by atoms with Gasteiger partial charge in [-0.3, -0.25) is 19.1 Å². The number of hydrogen-bond donors (Lipinski definition) is 2. The molecule has 2 N–H and O–H groups in total. The number of hydrogen-bond acceptors (Lipinski definition) is 4. The second kappa shape index (κ2) is 6.59. The summed E-state index contributed by atoms with van der Waals surface area (Å²) < 4.78 is 1.38. The number of nitrogens with one attached hydrogen (secondary N) is 2. The van der Waals surface area contributed by atoms with Crippen LogP contribution in [0.2, 0.25) is 0 Å². The number of nitrogens with zero attached hydrogens (tertiary/aromatic N) is 2. The lowest BCUT2D eigenvalue weighted by Crippen LogP contribution is -2.38. The Morgan fingerprint density at radius 3 is 2.92 bits per heavy atom. The molecule has 0 aromatic carbocycles. The largest absolute Gasteiger partial charge is 0.349 e. The number of fused-ring (bicyclic) bond motifs is 1. The first kappa shape index (κ1) is 16.4. The molecular formula is C17H22N4O3. The topological polar surface area (TPSA) is 96.9 Å². The number of rotatable bonds is 3. The van der Waals surface area contributed by atoms with Crippen LogP contribution in [0.5, 0.6) is 0 Å². The Hall–Kier alpha value is -2.44. The van der Waals surface area contributed by atoms with Gasteiger partial charge in [-0.15, -0.1) is 0 Å². The number of aryl methyl sites for hydroxylation is 1. The molecule has 0 bridgehead atoms. The first-order valence-corrected chi connectivity index (χ1v) is 8.43. The van der Waals surface area contributed by atoms with Gasteiger partial charge in [-0.2, -0.15) is 0 Å². The van der Waals surface area contributed by atoms with Crippen LogP contribution in [0.4, 0.5) is 0 Å². The van der Waals surface area contributed by atoms with E-state index in [1.165, 1.54) is 23.3 Å². The molecule has 0 saturated heterocycles. The fourth-order valence-corrected chi connectivity index (χ4v) is 3.42. The van der Waals surface area contributed by atoms with E-state index < -0.39 is 11.2 Å². The van der Waals surface area contributed by atoms with Crippen molar-refractivity contribution in [2.45, 2.75) is 52.1 Å². The van der Waals surface area contributed by atoms with Gasteiger partial charge >= 0.3 is 5.69 Å².